The maximum absolute atomic E-state index is 15.3. The highest BCUT2D eigenvalue weighted by atomic mass is 35.5. The van der Waals surface area contributed by atoms with Crippen molar-refractivity contribution in [1.82, 2.24) is 0 Å². The van der Waals surface area contributed by atoms with E-state index in [-0.39, 0.29) is 57.5 Å². The van der Waals surface area contributed by atoms with Crippen molar-refractivity contribution in [3.8, 4) is 0 Å². The lowest BCUT2D eigenvalue weighted by Gasteiger charge is -2.26. The maximum Gasteiger partial charge on any atom is 0.334 e. The Labute approximate surface area is 223 Å². The molecule has 0 N–H and O–H groups in total. The second kappa shape index (κ2) is 13.2. The van der Waals surface area contributed by atoms with Crippen LogP contribution in [0.3, 0.4) is 0 Å². The normalized spacial score (nSPS) is 13.1. The molecule has 2 amide bonds. The molecule has 0 aliphatic heterocycles. The highest BCUT2D eigenvalue weighted by molar-refractivity contribution is 8.00. The van der Waals surface area contributed by atoms with Crippen LogP contribution >= 0.6 is 23.4 Å². The molecule has 0 fully saturated rings. The van der Waals surface area contributed by atoms with E-state index in [2.05, 4.69) is 11.3 Å². The Bertz CT molecular complexity index is 1250. The zero-order valence-corrected chi connectivity index (χ0v) is 21.7. The summed E-state index contributed by atoms with van der Waals surface area (Å²) in [5.74, 6) is -3.86. The van der Waals surface area contributed by atoms with Crippen molar-refractivity contribution in [2.75, 3.05) is 24.4 Å². The number of hydrogen-bond donors (Lipinski definition) is 0. The number of thioether (sulfide) groups is 1. The van der Waals surface area contributed by atoms with Crippen molar-refractivity contribution in [1.29, 1.82) is 0 Å². The minimum Gasteiger partial charge on any atom is -0.468 e. The lowest BCUT2D eigenvalue weighted by molar-refractivity contribution is -0.138. The van der Waals surface area contributed by atoms with Crippen molar-refractivity contribution in [3.63, 3.8) is 0 Å². The van der Waals surface area contributed by atoms with E-state index >= 15 is 4.39 Å². The molecule has 1 aliphatic rings. The Kier molecular flexibility index (Phi) is 10.0. The molecule has 194 valence electrons. The maximum atomic E-state index is 15.3. The summed E-state index contributed by atoms with van der Waals surface area (Å²) in [7, 11) is 1.23. The summed E-state index contributed by atoms with van der Waals surface area (Å²) in [6.07, 6.45) is 3.18. The monoisotopic (exact) mass is 545 g/mol. The van der Waals surface area contributed by atoms with Gasteiger partial charge in [0.2, 0.25) is 0 Å². The van der Waals surface area contributed by atoms with Gasteiger partial charge in [-0.05, 0) is 49.9 Å². The molecule has 2 aromatic carbocycles. The van der Waals surface area contributed by atoms with E-state index in [0.717, 1.165) is 17.8 Å². The first-order valence-corrected chi connectivity index (χ1v) is 12.8. The van der Waals surface area contributed by atoms with Crippen molar-refractivity contribution in [2.24, 2.45) is 0 Å². The number of imide groups is 1. The van der Waals surface area contributed by atoms with Gasteiger partial charge in [0.05, 0.1) is 23.6 Å². The minimum atomic E-state index is -0.919. The van der Waals surface area contributed by atoms with Gasteiger partial charge in [0, 0.05) is 21.6 Å². The van der Waals surface area contributed by atoms with Gasteiger partial charge in [-0.15, -0.1) is 11.8 Å². The Hall–Kier alpha value is -3.43. The fourth-order valence-corrected chi connectivity index (χ4v) is 4.84. The average Bonchev–Trinajstić information content (AvgIpc) is 2.92. The fraction of sp³-hybridized carbons (Fsp3) is 0.259. The quantitative estimate of drug-likeness (QED) is 0.177. The van der Waals surface area contributed by atoms with E-state index in [0.29, 0.717) is 17.7 Å². The SMILES string of the molecule is C=CCOC(=O)C1=C(C(=O)N(C(=O)c2ccccc2)c2cc(SCC(=O)OC)c(Cl)cc2F)CCCC1. The molecule has 0 saturated carbocycles. The van der Waals surface area contributed by atoms with Crippen LogP contribution in [0.25, 0.3) is 0 Å². The summed E-state index contributed by atoms with van der Waals surface area (Å²) < 4.78 is 25.1. The van der Waals surface area contributed by atoms with Crippen molar-refractivity contribution < 1.29 is 33.0 Å². The van der Waals surface area contributed by atoms with E-state index in [1.54, 1.807) is 18.2 Å². The van der Waals surface area contributed by atoms with E-state index in [1.165, 1.54) is 31.4 Å². The van der Waals surface area contributed by atoms with Gasteiger partial charge < -0.3 is 9.47 Å². The molecule has 0 radical (unpaired) electrons. The number of nitrogens with zero attached hydrogens (tertiary/aromatic N) is 1. The Balaban J connectivity index is 2.14. The minimum absolute atomic E-state index is 0.000265. The smallest absolute Gasteiger partial charge is 0.334 e. The summed E-state index contributed by atoms with van der Waals surface area (Å²) >= 11 is 7.16. The molecule has 0 aromatic heterocycles. The Morgan fingerprint density at radius 2 is 1.76 bits per heavy atom. The van der Waals surface area contributed by atoms with E-state index in [9.17, 15) is 19.2 Å². The molecule has 10 heteroatoms. The van der Waals surface area contributed by atoms with Crippen LogP contribution in [-0.4, -0.2) is 43.2 Å². The number of hydrogen-bond acceptors (Lipinski definition) is 7. The zero-order chi connectivity index (χ0) is 26.9. The molecule has 0 spiro atoms. The van der Waals surface area contributed by atoms with Gasteiger partial charge in [0.15, 0.2) is 0 Å². The highest BCUT2D eigenvalue weighted by Crippen LogP contribution is 2.36. The zero-order valence-electron chi connectivity index (χ0n) is 20.1. The lowest BCUT2D eigenvalue weighted by Crippen LogP contribution is -2.40. The molecule has 2 aromatic rings. The number of methoxy groups -OCH3 is 1. The summed E-state index contributed by atoms with van der Waals surface area (Å²) in [5, 5.41) is 0.000265. The number of carbonyl (C=O) groups is 4. The van der Waals surface area contributed by atoms with Crippen molar-refractivity contribution in [3.05, 3.63) is 82.7 Å². The van der Waals surface area contributed by atoms with Crippen molar-refractivity contribution in [2.45, 2.75) is 30.6 Å². The summed E-state index contributed by atoms with van der Waals surface area (Å²) in [4.78, 5) is 52.8. The van der Waals surface area contributed by atoms with Gasteiger partial charge >= 0.3 is 11.9 Å². The number of esters is 2. The first kappa shape index (κ1) is 28.1. The number of anilines is 1. The number of benzene rings is 2. The summed E-state index contributed by atoms with van der Waals surface area (Å²) in [6.45, 7) is 3.48. The molecule has 1 aliphatic carbocycles. The summed E-state index contributed by atoms with van der Waals surface area (Å²) in [6, 6.07) is 10.1. The van der Waals surface area contributed by atoms with Crippen LogP contribution in [0.5, 0.6) is 0 Å². The number of halogens is 2. The van der Waals surface area contributed by atoms with E-state index in [4.69, 9.17) is 16.3 Å². The second-order valence-corrected chi connectivity index (χ2v) is 9.39. The lowest BCUT2D eigenvalue weighted by atomic mass is 9.90. The number of amides is 2. The van der Waals surface area contributed by atoms with E-state index in [1.807, 2.05) is 0 Å². The third-order valence-corrected chi connectivity index (χ3v) is 7.00. The number of carbonyl (C=O) groups excluding carboxylic acids is 4. The van der Waals surface area contributed by atoms with Gasteiger partial charge in [-0.2, -0.15) is 0 Å². The predicted molar refractivity (Wildman–Crippen MR) is 139 cm³/mol. The molecule has 0 bridgehead atoms. The van der Waals surface area contributed by atoms with Gasteiger partial charge in [0.25, 0.3) is 11.8 Å². The Morgan fingerprint density at radius 1 is 1.08 bits per heavy atom. The molecular weight excluding hydrogens is 521 g/mol. The van der Waals surface area contributed by atoms with Crippen LogP contribution < -0.4 is 4.90 Å². The van der Waals surface area contributed by atoms with Gasteiger partial charge in [-0.25, -0.2) is 14.1 Å². The average molecular weight is 546 g/mol. The molecule has 3 rings (SSSR count). The number of ether oxygens (including phenoxy) is 2. The highest BCUT2D eigenvalue weighted by Gasteiger charge is 2.34. The van der Waals surface area contributed by atoms with Gasteiger partial charge in [-0.3, -0.25) is 14.4 Å². The standard InChI is InChI=1S/C27H25ClFNO6S/c1-3-13-36-27(34)19-12-8-7-11-18(19)26(33)30(25(32)17-9-5-4-6-10-17)22-15-23(20(28)14-21(22)29)37-16-24(31)35-2/h3-6,9-10,14-15H,1,7-8,11-13,16H2,2H3. The molecule has 0 saturated heterocycles. The largest absolute Gasteiger partial charge is 0.468 e. The van der Waals surface area contributed by atoms with Crippen LogP contribution in [0, 0.1) is 5.82 Å². The van der Waals surface area contributed by atoms with Gasteiger partial charge in [-0.1, -0.05) is 42.5 Å². The van der Waals surface area contributed by atoms with Gasteiger partial charge in [0.1, 0.15) is 12.4 Å². The first-order valence-electron chi connectivity index (χ1n) is 11.4. The molecule has 37 heavy (non-hydrogen) atoms. The number of rotatable bonds is 9. The first-order chi connectivity index (χ1) is 17.8. The van der Waals surface area contributed by atoms with Crippen LogP contribution in [-0.2, 0) is 23.9 Å². The molecule has 0 heterocycles. The fourth-order valence-electron chi connectivity index (χ4n) is 3.74. The molecular formula is C27H25ClFNO6S. The molecule has 0 unspecified atom stereocenters. The predicted octanol–water partition coefficient (Wildman–Crippen LogP) is 5.52. The van der Waals surface area contributed by atoms with E-state index < -0.39 is 29.6 Å². The third-order valence-electron chi connectivity index (χ3n) is 5.55. The van der Waals surface area contributed by atoms with Crippen LogP contribution in [0.1, 0.15) is 36.0 Å². The van der Waals surface area contributed by atoms with Crippen LogP contribution in [0.15, 0.2) is 71.2 Å². The van der Waals surface area contributed by atoms with Crippen molar-refractivity contribution >= 4 is 52.8 Å². The van der Waals surface area contributed by atoms with Crippen LogP contribution in [0.4, 0.5) is 10.1 Å². The summed E-state index contributed by atoms with van der Waals surface area (Å²) in [5.41, 5.74) is 0.0231. The molecule has 7 nitrogen and oxygen atoms in total. The molecule has 0 atom stereocenters. The third kappa shape index (κ3) is 6.87. The van der Waals surface area contributed by atoms with Crippen LogP contribution in [0.2, 0.25) is 5.02 Å². The topological polar surface area (TPSA) is 90.0 Å². The second-order valence-electron chi connectivity index (χ2n) is 7.96. The Morgan fingerprint density at radius 3 is 2.41 bits per heavy atom.